The fourth-order valence-corrected chi connectivity index (χ4v) is 5.59. The molecular formula is C21H23ClN2O4S. The standard InChI is InChI=1S/C21H23ClN2O4S/c22-19-10-9-17(13-18(19)21(25)23-14-16-7-4-12-28-16)29(26,27)24-11-3-6-15-5-1-2-8-20(15)24/h1-2,5,8-10,13,16H,3-4,6-7,11-12,14H2,(H,23,25). The third-order valence-electron chi connectivity index (χ3n) is 5.35. The van der Waals surface area contributed by atoms with Crippen LogP contribution in [0.4, 0.5) is 5.69 Å². The number of rotatable bonds is 5. The topological polar surface area (TPSA) is 75.7 Å². The molecule has 1 atom stereocenters. The Hall–Kier alpha value is -2.09. The Labute approximate surface area is 175 Å². The molecule has 1 fully saturated rings. The minimum absolute atomic E-state index is 0.00510. The molecule has 0 spiro atoms. The highest BCUT2D eigenvalue weighted by Gasteiger charge is 2.30. The van der Waals surface area contributed by atoms with E-state index in [1.165, 1.54) is 22.5 Å². The van der Waals surface area contributed by atoms with Crippen LogP contribution < -0.4 is 9.62 Å². The van der Waals surface area contributed by atoms with Crippen molar-refractivity contribution in [2.75, 3.05) is 24.0 Å². The normalized spacial score (nSPS) is 19.1. The van der Waals surface area contributed by atoms with E-state index in [0.717, 1.165) is 31.2 Å². The Balaban J connectivity index is 1.60. The molecule has 1 N–H and O–H groups in total. The van der Waals surface area contributed by atoms with Crippen molar-refractivity contribution in [2.45, 2.75) is 36.7 Å². The zero-order valence-electron chi connectivity index (χ0n) is 15.9. The van der Waals surface area contributed by atoms with E-state index in [0.29, 0.717) is 25.4 Å². The average Bonchev–Trinajstić information content (AvgIpc) is 3.25. The summed E-state index contributed by atoms with van der Waals surface area (Å²) in [5.41, 5.74) is 1.85. The van der Waals surface area contributed by atoms with Crippen LogP contribution in [0.2, 0.25) is 5.02 Å². The number of nitrogens with zero attached hydrogens (tertiary/aromatic N) is 1. The molecule has 2 aromatic rings. The molecule has 0 saturated carbocycles. The van der Waals surface area contributed by atoms with Gasteiger partial charge in [-0.25, -0.2) is 8.42 Å². The first-order chi connectivity index (χ1) is 14.0. The van der Waals surface area contributed by atoms with Gasteiger partial charge in [0.05, 0.1) is 27.3 Å². The molecule has 8 heteroatoms. The van der Waals surface area contributed by atoms with Gasteiger partial charge in [-0.15, -0.1) is 0 Å². The number of carbonyl (C=O) groups excluding carboxylic acids is 1. The number of carbonyl (C=O) groups is 1. The lowest BCUT2D eigenvalue weighted by molar-refractivity contribution is 0.0857. The van der Waals surface area contributed by atoms with E-state index in [1.54, 1.807) is 0 Å². The summed E-state index contributed by atoms with van der Waals surface area (Å²) >= 11 is 6.20. The lowest BCUT2D eigenvalue weighted by Crippen LogP contribution is -2.36. The van der Waals surface area contributed by atoms with Crippen molar-refractivity contribution in [1.82, 2.24) is 5.32 Å². The molecule has 2 aromatic carbocycles. The van der Waals surface area contributed by atoms with Crippen LogP contribution in [-0.4, -0.2) is 40.1 Å². The predicted octanol–water partition coefficient (Wildman–Crippen LogP) is 3.39. The summed E-state index contributed by atoms with van der Waals surface area (Å²) in [7, 11) is -3.81. The average molecular weight is 435 g/mol. The number of para-hydroxylation sites is 1. The smallest absolute Gasteiger partial charge is 0.264 e. The Bertz CT molecular complexity index is 1020. The van der Waals surface area contributed by atoms with E-state index in [-0.39, 0.29) is 21.6 Å². The van der Waals surface area contributed by atoms with Crippen molar-refractivity contribution in [1.29, 1.82) is 0 Å². The monoisotopic (exact) mass is 434 g/mol. The lowest BCUT2D eigenvalue weighted by atomic mass is 10.0. The number of amides is 1. The van der Waals surface area contributed by atoms with Gasteiger partial charge in [-0.2, -0.15) is 0 Å². The summed E-state index contributed by atoms with van der Waals surface area (Å²) < 4.78 is 33.6. The molecule has 2 heterocycles. The van der Waals surface area contributed by atoms with Crippen LogP contribution in [0.25, 0.3) is 0 Å². The van der Waals surface area contributed by atoms with Crippen LogP contribution in [0.3, 0.4) is 0 Å². The lowest BCUT2D eigenvalue weighted by Gasteiger charge is -2.30. The van der Waals surface area contributed by atoms with Crippen LogP contribution in [0.5, 0.6) is 0 Å². The molecule has 1 amide bonds. The van der Waals surface area contributed by atoms with Gasteiger partial charge in [0, 0.05) is 19.7 Å². The van der Waals surface area contributed by atoms with Gasteiger partial charge in [0.1, 0.15) is 0 Å². The highest BCUT2D eigenvalue weighted by atomic mass is 35.5. The molecule has 154 valence electrons. The summed E-state index contributed by atoms with van der Waals surface area (Å²) in [5, 5.41) is 3.01. The summed E-state index contributed by atoms with van der Waals surface area (Å²) in [6, 6.07) is 11.8. The number of aryl methyl sites for hydroxylation is 1. The first-order valence-corrected chi connectivity index (χ1v) is 11.6. The quantitative estimate of drug-likeness (QED) is 0.782. The summed E-state index contributed by atoms with van der Waals surface area (Å²) in [5.74, 6) is -0.401. The molecule has 0 aromatic heterocycles. The molecule has 6 nitrogen and oxygen atoms in total. The second-order valence-corrected chi connectivity index (χ2v) is 9.57. The van der Waals surface area contributed by atoms with Gasteiger partial charge in [0.25, 0.3) is 15.9 Å². The van der Waals surface area contributed by atoms with Crippen LogP contribution in [0, 0.1) is 0 Å². The van der Waals surface area contributed by atoms with Gasteiger partial charge < -0.3 is 10.1 Å². The molecule has 0 radical (unpaired) electrons. The number of hydrogen-bond donors (Lipinski definition) is 1. The zero-order chi connectivity index (χ0) is 20.4. The largest absolute Gasteiger partial charge is 0.376 e. The first kappa shape index (κ1) is 20.2. The highest BCUT2D eigenvalue weighted by Crippen LogP contribution is 2.32. The number of benzene rings is 2. The Morgan fingerprint density at radius 2 is 2.03 bits per heavy atom. The third kappa shape index (κ3) is 4.13. The zero-order valence-corrected chi connectivity index (χ0v) is 17.5. The molecule has 2 aliphatic rings. The second-order valence-electron chi connectivity index (χ2n) is 7.30. The van der Waals surface area contributed by atoms with E-state index in [4.69, 9.17) is 16.3 Å². The van der Waals surface area contributed by atoms with E-state index in [2.05, 4.69) is 5.32 Å². The Kier molecular flexibility index (Phi) is 5.81. The van der Waals surface area contributed by atoms with E-state index < -0.39 is 15.9 Å². The predicted molar refractivity (Wildman–Crippen MR) is 112 cm³/mol. The van der Waals surface area contributed by atoms with Gasteiger partial charge in [-0.1, -0.05) is 29.8 Å². The minimum Gasteiger partial charge on any atom is -0.376 e. The Morgan fingerprint density at radius 1 is 1.21 bits per heavy atom. The van der Waals surface area contributed by atoms with Crippen LogP contribution >= 0.6 is 11.6 Å². The number of anilines is 1. The summed E-state index contributed by atoms with van der Waals surface area (Å²) in [6.07, 6.45) is 3.47. The van der Waals surface area contributed by atoms with Crippen LogP contribution in [-0.2, 0) is 21.2 Å². The Morgan fingerprint density at radius 3 is 2.83 bits per heavy atom. The number of nitrogens with one attached hydrogen (secondary N) is 1. The molecule has 2 aliphatic heterocycles. The fourth-order valence-electron chi connectivity index (χ4n) is 3.82. The van der Waals surface area contributed by atoms with Crippen LogP contribution in [0.1, 0.15) is 35.2 Å². The summed E-state index contributed by atoms with van der Waals surface area (Å²) in [4.78, 5) is 12.7. The van der Waals surface area contributed by atoms with Crippen molar-refractivity contribution >= 4 is 33.2 Å². The number of ether oxygens (including phenoxy) is 1. The van der Waals surface area contributed by atoms with E-state index in [1.807, 2.05) is 24.3 Å². The van der Waals surface area contributed by atoms with Gasteiger partial charge >= 0.3 is 0 Å². The molecule has 1 saturated heterocycles. The molecule has 1 unspecified atom stereocenters. The third-order valence-corrected chi connectivity index (χ3v) is 7.49. The number of fused-ring (bicyclic) bond motifs is 1. The van der Waals surface area contributed by atoms with Crippen molar-refractivity contribution in [2.24, 2.45) is 0 Å². The van der Waals surface area contributed by atoms with Crippen molar-refractivity contribution in [3.05, 3.63) is 58.6 Å². The number of halogens is 1. The molecule has 29 heavy (non-hydrogen) atoms. The molecule has 4 rings (SSSR count). The fraction of sp³-hybridized carbons (Fsp3) is 0.381. The van der Waals surface area contributed by atoms with Crippen molar-refractivity contribution < 1.29 is 17.9 Å². The second kappa shape index (κ2) is 8.34. The maximum Gasteiger partial charge on any atom is 0.264 e. The van der Waals surface area contributed by atoms with Crippen molar-refractivity contribution in [3.63, 3.8) is 0 Å². The summed E-state index contributed by atoms with van der Waals surface area (Å²) in [6.45, 7) is 1.49. The SMILES string of the molecule is O=C(NCC1CCCO1)c1cc(S(=O)(=O)N2CCCc3ccccc32)ccc1Cl. The molecule has 0 aliphatic carbocycles. The minimum atomic E-state index is -3.81. The van der Waals surface area contributed by atoms with Gasteiger partial charge in [0.2, 0.25) is 0 Å². The first-order valence-electron chi connectivity index (χ1n) is 9.77. The number of sulfonamides is 1. The molecule has 0 bridgehead atoms. The molecular weight excluding hydrogens is 412 g/mol. The highest BCUT2D eigenvalue weighted by molar-refractivity contribution is 7.92. The number of hydrogen-bond acceptors (Lipinski definition) is 4. The maximum atomic E-state index is 13.3. The van der Waals surface area contributed by atoms with Crippen molar-refractivity contribution in [3.8, 4) is 0 Å². The maximum absolute atomic E-state index is 13.3. The van der Waals surface area contributed by atoms with E-state index >= 15 is 0 Å². The van der Waals surface area contributed by atoms with Crippen LogP contribution in [0.15, 0.2) is 47.4 Å². The van der Waals surface area contributed by atoms with Gasteiger partial charge in [-0.05, 0) is 55.5 Å². The van der Waals surface area contributed by atoms with Gasteiger partial charge in [-0.3, -0.25) is 9.10 Å². The van der Waals surface area contributed by atoms with E-state index in [9.17, 15) is 13.2 Å². The van der Waals surface area contributed by atoms with Gasteiger partial charge in [0.15, 0.2) is 0 Å².